The van der Waals surface area contributed by atoms with Crippen LogP contribution in [0.15, 0.2) is 23.1 Å². The molecule has 0 bridgehead atoms. The van der Waals surface area contributed by atoms with Crippen LogP contribution in [-0.4, -0.2) is 62.3 Å². The van der Waals surface area contributed by atoms with Crippen LogP contribution in [0.4, 0.5) is 0 Å². The van der Waals surface area contributed by atoms with Crippen LogP contribution in [0.5, 0.6) is 0 Å². The van der Waals surface area contributed by atoms with Crippen molar-refractivity contribution >= 4 is 21.9 Å². The second-order valence-corrected chi connectivity index (χ2v) is 9.67. The van der Waals surface area contributed by atoms with Crippen LogP contribution in [0.3, 0.4) is 0 Å². The number of piperidine rings is 2. The number of ether oxygens (including phenoxy) is 1. The first-order valence-electron chi connectivity index (χ1n) is 10.4. The van der Waals surface area contributed by atoms with E-state index in [4.69, 9.17) is 4.74 Å². The monoisotopic (exact) mass is 422 g/mol. The molecule has 29 heavy (non-hydrogen) atoms. The number of carbonyl (C=O) groups excluding carboxylic acids is 2. The summed E-state index contributed by atoms with van der Waals surface area (Å²) < 4.78 is 32.8. The minimum Gasteiger partial charge on any atom is -0.466 e. The molecular weight excluding hydrogens is 392 g/mol. The maximum absolute atomic E-state index is 13.1. The minimum absolute atomic E-state index is 0.174. The lowest BCUT2D eigenvalue weighted by molar-refractivity contribution is -0.149. The van der Waals surface area contributed by atoms with Gasteiger partial charge in [0.05, 0.1) is 17.4 Å². The number of hydrogen-bond donors (Lipinski definition) is 0. The van der Waals surface area contributed by atoms with Gasteiger partial charge in [-0.05, 0) is 57.2 Å². The zero-order chi connectivity index (χ0) is 21.0. The largest absolute Gasteiger partial charge is 0.466 e. The summed E-state index contributed by atoms with van der Waals surface area (Å²) in [5.41, 5.74) is 1.02. The van der Waals surface area contributed by atoms with Gasteiger partial charge in [-0.2, -0.15) is 4.31 Å². The Hall–Kier alpha value is -1.93. The van der Waals surface area contributed by atoms with Crippen molar-refractivity contribution in [3.8, 4) is 0 Å². The van der Waals surface area contributed by atoms with Crippen molar-refractivity contribution in [2.24, 2.45) is 5.92 Å². The Morgan fingerprint density at radius 1 is 1.07 bits per heavy atom. The molecule has 2 saturated heterocycles. The molecule has 8 heteroatoms. The molecule has 2 fully saturated rings. The SMILES string of the molecule is CCOC(=O)C1CCN(C(=O)c2ccc(C)c(S(=O)(=O)N3CCCCC3)c2)CC1. The maximum Gasteiger partial charge on any atom is 0.309 e. The Kier molecular flexibility index (Phi) is 6.95. The molecule has 2 aliphatic rings. The number of nitrogens with zero attached hydrogens (tertiary/aromatic N) is 2. The van der Waals surface area contributed by atoms with Crippen molar-refractivity contribution in [3.63, 3.8) is 0 Å². The summed E-state index contributed by atoms with van der Waals surface area (Å²) >= 11 is 0. The Balaban J connectivity index is 1.74. The first kappa shape index (κ1) is 21.8. The average Bonchev–Trinajstić information content (AvgIpc) is 2.74. The Labute approximate surface area is 173 Å². The zero-order valence-electron chi connectivity index (χ0n) is 17.2. The number of sulfonamides is 1. The van der Waals surface area contributed by atoms with Crippen molar-refractivity contribution in [2.75, 3.05) is 32.8 Å². The molecule has 0 unspecified atom stereocenters. The highest BCUT2D eigenvalue weighted by Gasteiger charge is 2.31. The van der Waals surface area contributed by atoms with Gasteiger partial charge in [-0.1, -0.05) is 12.5 Å². The third kappa shape index (κ3) is 4.80. The van der Waals surface area contributed by atoms with E-state index in [2.05, 4.69) is 0 Å². The summed E-state index contributed by atoms with van der Waals surface area (Å²) in [6.45, 7) is 5.88. The van der Waals surface area contributed by atoms with Crippen molar-refractivity contribution in [3.05, 3.63) is 29.3 Å². The fraction of sp³-hybridized carbons (Fsp3) is 0.619. The summed E-state index contributed by atoms with van der Waals surface area (Å²) in [5, 5.41) is 0. The number of amides is 1. The molecule has 1 aromatic carbocycles. The first-order valence-corrected chi connectivity index (χ1v) is 11.8. The van der Waals surface area contributed by atoms with E-state index in [0.717, 1.165) is 19.3 Å². The van der Waals surface area contributed by atoms with E-state index >= 15 is 0 Å². The van der Waals surface area contributed by atoms with E-state index < -0.39 is 10.0 Å². The first-order chi connectivity index (χ1) is 13.8. The van der Waals surface area contributed by atoms with Gasteiger partial charge in [0, 0.05) is 31.7 Å². The maximum atomic E-state index is 13.1. The van der Waals surface area contributed by atoms with E-state index in [-0.39, 0.29) is 22.7 Å². The van der Waals surface area contributed by atoms with Crippen LogP contribution in [0, 0.1) is 12.8 Å². The predicted molar refractivity (Wildman–Crippen MR) is 109 cm³/mol. The number of benzene rings is 1. The Morgan fingerprint density at radius 2 is 1.72 bits per heavy atom. The molecule has 0 aliphatic carbocycles. The molecular formula is C21H30N2O5S. The molecule has 0 saturated carbocycles. The number of esters is 1. The van der Waals surface area contributed by atoms with E-state index in [1.807, 2.05) is 0 Å². The molecule has 0 atom stereocenters. The minimum atomic E-state index is -3.60. The Bertz CT molecular complexity index is 854. The summed E-state index contributed by atoms with van der Waals surface area (Å²) in [7, 11) is -3.60. The van der Waals surface area contributed by atoms with Gasteiger partial charge in [0.1, 0.15) is 0 Å². The summed E-state index contributed by atoms with van der Waals surface area (Å²) in [5.74, 6) is -0.570. The lowest BCUT2D eigenvalue weighted by Crippen LogP contribution is -2.41. The van der Waals surface area contributed by atoms with Crippen LogP contribution in [-0.2, 0) is 19.6 Å². The third-order valence-corrected chi connectivity index (χ3v) is 7.81. The van der Waals surface area contributed by atoms with Gasteiger partial charge < -0.3 is 9.64 Å². The zero-order valence-corrected chi connectivity index (χ0v) is 18.0. The van der Waals surface area contributed by atoms with E-state index in [9.17, 15) is 18.0 Å². The number of carbonyl (C=O) groups is 2. The van der Waals surface area contributed by atoms with Crippen LogP contribution in [0.1, 0.15) is 54.9 Å². The molecule has 3 rings (SSSR count). The highest BCUT2D eigenvalue weighted by atomic mass is 32.2. The van der Waals surface area contributed by atoms with Crippen molar-refractivity contribution in [2.45, 2.75) is 50.8 Å². The highest BCUT2D eigenvalue weighted by molar-refractivity contribution is 7.89. The molecule has 7 nitrogen and oxygen atoms in total. The van der Waals surface area contributed by atoms with Gasteiger partial charge in [-0.25, -0.2) is 8.42 Å². The Morgan fingerprint density at radius 3 is 2.34 bits per heavy atom. The molecule has 2 heterocycles. The fourth-order valence-corrected chi connectivity index (χ4v) is 5.78. The second-order valence-electron chi connectivity index (χ2n) is 7.76. The number of rotatable bonds is 5. The summed E-state index contributed by atoms with van der Waals surface area (Å²) in [6.07, 6.45) is 3.91. The lowest BCUT2D eigenvalue weighted by Gasteiger charge is -2.31. The molecule has 1 amide bonds. The third-order valence-electron chi connectivity index (χ3n) is 5.77. The lowest BCUT2D eigenvalue weighted by atomic mass is 9.96. The molecule has 0 aromatic heterocycles. The number of likely N-dealkylation sites (tertiary alicyclic amines) is 1. The van der Waals surface area contributed by atoms with Gasteiger partial charge in [-0.15, -0.1) is 0 Å². The summed E-state index contributed by atoms with van der Waals surface area (Å²) in [4.78, 5) is 26.8. The van der Waals surface area contributed by atoms with Gasteiger partial charge in [0.2, 0.25) is 10.0 Å². The van der Waals surface area contributed by atoms with Gasteiger partial charge >= 0.3 is 5.97 Å². The number of aryl methyl sites for hydroxylation is 1. The quantitative estimate of drug-likeness (QED) is 0.681. The predicted octanol–water partition coefficient (Wildman–Crippen LogP) is 2.58. The highest BCUT2D eigenvalue weighted by Crippen LogP contribution is 2.26. The average molecular weight is 423 g/mol. The van der Waals surface area contributed by atoms with Crippen LogP contribution < -0.4 is 0 Å². The number of hydrogen-bond acceptors (Lipinski definition) is 5. The molecule has 160 valence electrons. The van der Waals surface area contributed by atoms with Crippen LogP contribution >= 0.6 is 0 Å². The smallest absolute Gasteiger partial charge is 0.309 e. The van der Waals surface area contributed by atoms with Crippen molar-refractivity contribution in [1.29, 1.82) is 0 Å². The topological polar surface area (TPSA) is 84.0 Å². The molecule has 0 N–H and O–H groups in total. The van der Waals surface area contributed by atoms with E-state index in [1.165, 1.54) is 10.4 Å². The van der Waals surface area contributed by atoms with E-state index in [1.54, 1.807) is 30.9 Å². The van der Waals surface area contributed by atoms with E-state index in [0.29, 0.717) is 56.8 Å². The van der Waals surface area contributed by atoms with Crippen molar-refractivity contribution < 1.29 is 22.7 Å². The molecule has 2 aliphatic heterocycles. The molecule has 1 aromatic rings. The summed E-state index contributed by atoms with van der Waals surface area (Å²) in [6, 6.07) is 4.90. The standard InChI is InChI=1S/C21H30N2O5S/c1-3-28-21(25)17-9-13-22(14-10-17)20(24)18-8-7-16(2)19(15-18)29(26,27)23-11-5-4-6-12-23/h7-8,15,17H,3-6,9-14H2,1-2H3. The van der Waals surface area contributed by atoms with Crippen LogP contribution in [0.25, 0.3) is 0 Å². The van der Waals surface area contributed by atoms with Crippen LogP contribution in [0.2, 0.25) is 0 Å². The van der Waals surface area contributed by atoms with Gasteiger partial charge in [0.15, 0.2) is 0 Å². The van der Waals surface area contributed by atoms with Crippen molar-refractivity contribution in [1.82, 2.24) is 9.21 Å². The molecule has 0 spiro atoms. The fourth-order valence-electron chi connectivity index (χ4n) is 4.02. The van der Waals surface area contributed by atoms with Gasteiger partial charge in [0.25, 0.3) is 5.91 Å². The second kappa shape index (κ2) is 9.26. The molecule has 0 radical (unpaired) electrons. The normalized spacial score (nSPS) is 19.2. The van der Waals surface area contributed by atoms with Gasteiger partial charge in [-0.3, -0.25) is 9.59 Å².